The van der Waals surface area contributed by atoms with Gasteiger partial charge in [0.2, 0.25) is 5.16 Å². The molecule has 0 aliphatic heterocycles. The molecule has 0 spiro atoms. The molecule has 0 saturated carbocycles. The lowest BCUT2D eigenvalue weighted by atomic mass is 9.95. The van der Waals surface area contributed by atoms with Crippen molar-refractivity contribution in [3.8, 4) is 0 Å². The van der Waals surface area contributed by atoms with Gasteiger partial charge >= 0.3 is 0 Å². The molecule has 1 atom stereocenters. The lowest BCUT2D eigenvalue weighted by Gasteiger charge is -2.26. The number of aliphatic hydroxyl groups excluding tert-OH is 1. The van der Waals surface area contributed by atoms with Gasteiger partial charge in [0.15, 0.2) is 0 Å². The Morgan fingerprint density at radius 1 is 1.50 bits per heavy atom. The van der Waals surface area contributed by atoms with Crippen molar-refractivity contribution in [2.24, 2.45) is 5.92 Å². The van der Waals surface area contributed by atoms with E-state index in [0.717, 1.165) is 0 Å². The number of aromatic nitrogens is 4. The first-order chi connectivity index (χ1) is 7.47. The molecule has 2 N–H and O–H groups in total. The second kappa shape index (κ2) is 5.60. The topological polar surface area (TPSA) is 84.1 Å². The molecule has 1 heterocycles. The summed E-state index contributed by atoms with van der Waals surface area (Å²) in [5.41, 5.74) is -0.749. The number of hydrogen-bond donors (Lipinski definition) is 2. The zero-order valence-corrected chi connectivity index (χ0v) is 10.6. The number of aliphatic hydroxyl groups is 2. The van der Waals surface area contributed by atoms with Gasteiger partial charge in [0.25, 0.3) is 0 Å². The van der Waals surface area contributed by atoms with Gasteiger partial charge in [-0.25, -0.2) is 4.68 Å². The Kier molecular flexibility index (Phi) is 4.69. The quantitative estimate of drug-likeness (QED) is 0.696. The van der Waals surface area contributed by atoms with Gasteiger partial charge in [0, 0.05) is 5.75 Å². The summed E-state index contributed by atoms with van der Waals surface area (Å²) in [5, 5.41) is 30.6. The molecule has 0 saturated heterocycles. The molecule has 0 amide bonds. The van der Waals surface area contributed by atoms with Crippen LogP contribution in [0.25, 0.3) is 0 Å². The minimum absolute atomic E-state index is 0.000820. The smallest absolute Gasteiger partial charge is 0.209 e. The van der Waals surface area contributed by atoms with Crippen LogP contribution in [-0.2, 0) is 6.54 Å². The van der Waals surface area contributed by atoms with E-state index in [2.05, 4.69) is 15.5 Å². The minimum Gasteiger partial charge on any atom is -0.394 e. The summed E-state index contributed by atoms with van der Waals surface area (Å²) >= 11 is 1.39. The standard InChI is InChI=1S/C9H18N4O2S/c1-7(2)9(3,15)6-16-8-10-11-12-13(8)4-5-14/h7,14-15H,4-6H2,1-3H3. The molecule has 6 nitrogen and oxygen atoms in total. The minimum atomic E-state index is -0.749. The van der Waals surface area contributed by atoms with E-state index < -0.39 is 5.60 Å². The predicted molar refractivity (Wildman–Crippen MR) is 61.1 cm³/mol. The summed E-state index contributed by atoms with van der Waals surface area (Å²) in [5.74, 6) is 0.693. The third-order valence-electron chi connectivity index (χ3n) is 2.55. The van der Waals surface area contributed by atoms with Crippen LogP contribution in [0.1, 0.15) is 20.8 Å². The van der Waals surface area contributed by atoms with Crippen LogP contribution in [0.15, 0.2) is 5.16 Å². The maximum Gasteiger partial charge on any atom is 0.209 e. The number of tetrazole rings is 1. The van der Waals surface area contributed by atoms with Gasteiger partial charge in [0.1, 0.15) is 0 Å². The third-order valence-corrected chi connectivity index (χ3v) is 3.83. The van der Waals surface area contributed by atoms with Crippen LogP contribution in [0.4, 0.5) is 0 Å². The van der Waals surface area contributed by atoms with Gasteiger partial charge in [-0.1, -0.05) is 25.6 Å². The molecular weight excluding hydrogens is 228 g/mol. The van der Waals surface area contributed by atoms with Crippen LogP contribution < -0.4 is 0 Å². The Hall–Kier alpha value is -0.660. The number of rotatable bonds is 6. The summed E-state index contributed by atoms with van der Waals surface area (Å²) < 4.78 is 1.53. The molecule has 1 rings (SSSR count). The normalized spacial score (nSPS) is 15.4. The average Bonchev–Trinajstić information content (AvgIpc) is 2.63. The van der Waals surface area contributed by atoms with Gasteiger partial charge in [-0.05, 0) is 23.3 Å². The van der Waals surface area contributed by atoms with Crippen molar-refractivity contribution in [2.75, 3.05) is 12.4 Å². The van der Waals surface area contributed by atoms with E-state index in [4.69, 9.17) is 5.11 Å². The molecule has 1 aromatic heterocycles. The van der Waals surface area contributed by atoms with Crippen LogP contribution in [-0.4, -0.2) is 48.4 Å². The molecule has 0 aliphatic rings. The molecule has 92 valence electrons. The molecule has 0 fully saturated rings. The van der Waals surface area contributed by atoms with E-state index in [0.29, 0.717) is 17.5 Å². The number of hydrogen-bond acceptors (Lipinski definition) is 6. The van der Waals surface area contributed by atoms with Gasteiger partial charge in [0.05, 0.1) is 18.8 Å². The Morgan fingerprint density at radius 2 is 2.19 bits per heavy atom. The van der Waals surface area contributed by atoms with E-state index in [1.54, 1.807) is 6.92 Å². The van der Waals surface area contributed by atoms with Crippen molar-refractivity contribution in [1.82, 2.24) is 20.2 Å². The summed E-state index contributed by atoms with van der Waals surface area (Å²) in [7, 11) is 0. The monoisotopic (exact) mass is 246 g/mol. The Balaban J connectivity index is 2.57. The van der Waals surface area contributed by atoms with Gasteiger partial charge in [-0.3, -0.25) is 0 Å². The molecule has 1 aromatic rings. The maximum absolute atomic E-state index is 10.1. The average molecular weight is 246 g/mol. The lowest BCUT2D eigenvalue weighted by Crippen LogP contribution is -2.33. The molecular formula is C9H18N4O2S. The first kappa shape index (κ1) is 13.4. The van der Waals surface area contributed by atoms with Crippen molar-refractivity contribution in [1.29, 1.82) is 0 Å². The van der Waals surface area contributed by atoms with Crippen molar-refractivity contribution in [3.63, 3.8) is 0 Å². The second-order valence-electron chi connectivity index (χ2n) is 4.21. The number of thioether (sulfide) groups is 1. The first-order valence-corrected chi connectivity index (χ1v) is 6.18. The highest BCUT2D eigenvalue weighted by Crippen LogP contribution is 2.25. The Bertz CT molecular complexity index is 327. The van der Waals surface area contributed by atoms with Crippen LogP contribution in [0.2, 0.25) is 0 Å². The van der Waals surface area contributed by atoms with Gasteiger partial charge < -0.3 is 10.2 Å². The molecule has 16 heavy (non-hydrogen) atoms. The highest BCUT2D eigenvalue weighted by atomic mass is 32.2. The highest BCUT2D eigenvalue weighted by Gasteiger charge is 2.26. The van der Waals surface area contributed by atoms with Crippen LogP contribution in [0.5, 0.6) is 0 Å². The summed E-state index contributed by atoms with van der Waals surface area (Å²) in [6, 6.07) is 0. The summed E-state index contributed by atoms with van der Waals surface area (Å²) in [4.78, 5) is 0. The molecule has 7 heteroatoms. The number of nitrogens with zero attached hydrogens (tertiary/aromatic N) is 4. The van der Waals surface area contributed by atoms with E-state index in [-0.39, 0.29) is 12.5 Å². The van der Waals surface area contributed by atoms with E-state index in [1.165, 1.54) is 16.4 Å². The molecule has 0 aromatic carbocycles. The first-order valence-electron chi connectivity index (χ1n) is 5.19. The fourth-order valence-electron chi connectivity index (χ4n) is 0.912. The fraction of sp³-hybridized carbons (Fsp3) is 0.889. The van der Waals surface area contributed by atoms with Crippen LogP contribution >= 0.6 is 11.8 Å². The van der Waals surface area contributed by atoms with E-state index >= 15 is 0 Å². The maximum atomic E-state index is 10.1. The van der Waals surface area contributed by atoms with Crippen LogP contribution in [0.3, 0.4) is 0 Å². The SMILES string of the molecule is CC(C)C(C)(O)CSc1nnnn1CCO. The van der Waals surface area contributed by atoms with Crippen LogP contribution in [0, 0.1) is 5.92 Å². The largest absolute Gasteiger partial charge is 0.394 e. The Labute approximate surface area is 99.0 Å². The summed E-state index contributed by atoms with van der Waals surface area (Å²) in [6.45, 7) is 6.11. The lowest BCUT2D eigenvalue weighted by molar-refractivity contribution is 0.0375. The summed E-state index contributed by atoms with van der Waals surface area (Å²) in [6.07, 6.45) is 0. The van der Waals surface area contributed by atoms with E-state index in [9.17, 15) is 5.11 Å². The predicted octanol–water partition coefficient (Wildman–Crippen LogP) is 0.164. The van der Waals surface area contributed by atoms with Crippen molar-refractivity contribution < 1.29 is 10.2 Å². The molecule has 0 aliphatic carbocycles. The van der Waals surface area contributed by atoms with Gasteiger partial charge in [-0.2, -0.15) is 0 Å². The zero-order chi connectivity index (χ0) is 12.2. The molecule has 1 unspecified atom stereocenters. The molecule has 0 bridgehead atoms. The van der Waals surface area contributed by atoms with Crippen molar-refractivity contribution >= 4 is 11.8 Å². The van der Waals surface area contributed by atoms with Crippen molar-refractivity contribution in [3.05, 3.63) is 0 Å². The highest BCUT2D eigenvalue weighted by molar-refractivity contribution is 7.99. The second-order valence-corrected chi connectivity index (χ2v) is 5.15. The zero-order valence-electron chi connectivity index (χ0n) is 9.79. The fourth-order valence-corrected chi connectivity index (χ4v) is 2.04. The molecule has 0 radical (unpaired) electrons. The van der Waals surface area contributed by atoms with Crippen molar-refractivity contribution in [2.45, 2.75) is 38.1 Å². The third kappa shape index (κ3) is 3.43. The van der Waals surface area contributed by atoms with Gasteiger partial charge in [-0.15, -0.1) is 5.10 Å². The Morgan fingerprint density at radius 3 is 2.75 bits per heavy atom. The van der Waals surface area contributed by atoms with E-state index in [1.807, 2.05) is 13.8 Å².